The summed E-state index contributed by atoms with van der Waals surface area (Å²) in [7, 11) is 0. The monoisotopic (exact) mass is 388 g/mol. The van der Waals surface area contributed by atoms with Crippen molar-refractivity contribution < 1.29 is 9.26 Å². The fourth-order valence-electron chi connectivity index (χ4n) is 1.66. The number of aromatic nitrogens is 1. The number of hydrogen-bond donors (Lipinski definition) is 1. The van der Waals surface area contributed by atoms with E-state index in [0.29, 0.717) is 13.2 Å². The Kier molecular flexibility index (Phi) is 5.42. The Morgan fingerprint density at radius 2 is 2.00 bits per heavy atom. The average molecular weight is 390 g/mol. The van der Waals surface area contributed by atoms with E-state index in [0.717, 1.165) is 32.5 Å². The largest absolute Gasteiger partial charge is 0.492 e. The summed E-state index contributed by atoms with van der Waals surface area (Å²) in [6.45, 7) is 4.03. The van der Waals surface area contributed by atoms with Gasteiger partial charge in [0.25, 0.3) is 0 Å². The van der Waals surface area contributed by atoms with Crippen LogP contribution in [0.2, 0.25) is 0 Å². The van der Waals surface area contributed by atoms with Crippen LogP contribution in [0, 0.1) is 0 Å². The molecule has 1 aromatic carbocycles. The highest BCUT2D eigenvalue weighted by Gasteiger charge is 2.08. The molecule has 0 aliphatic carbocycles. The molecule has 0 saturated heterocycles. The molecule has 0 unspecified atom stereocenters. The maximum absolute atomic E-state index is 5.55. The van der Waals surface area contributed by atoms with E-state index < -0.39 is 0 Å². The minimum absolute atomic E-state index is 0.640. The van der Waals surface area contributed by atoms with Crippen LogP contribution in [0.5, 0.6) is 5.75 Å². The van der Waals surface area contributed by atoms with Crippen LogP contribution in [0.4, 0.5) is 0 Å². The third-order valence-electron chi connectivity index (χ3n) is 2.47. The fraction of sp³-hybridized carbons (Fsp3) is 0.308. The molecule has 0 aliphatic rings. The van der Waals surface area contributed by atoms with Crippen LogP contribution in [-0.4, -0.2) is 11.8 Å². The Labute approximate surface area is 128 Å². The first-order valence-electron chi connectivity index (χ1n) is 5.91. The van der Waals surface area contributed by atoms with E-state index in [2.05, 4.69) is 42.3 Å². The molecule has 0 aliphatic heterocycles. The molecule has 2 rings (SSSR count). The van der Waals surface area contributed by atoms with Crippen LogP contribution in [0.1, 0.15) is 18.2 Å². The van der Waals surface area contributed by atoms with Crippen molar-refractivity contribution in [1.82, 2.24) is 10.5 Å². The molecule has 6 heteroatoms. The normalized spacial score (nSPS) is 10.7. The number of halogens is 2. The number of hydrogen-bond acceptors (Lipinski definition) is 4. The molecular weight excluding hydrogens is 376 g/mol. The van der Waals surface area contributed by atoms with Crippen molar-refractivity contribution >= 4 is 31.9 Å². The minimum Gasteiger partial charge on any atom is -0.492 e. The van der Waals surface area contributed by atoms with E-state index in [-0.39, 0.29) is 0 Å². The molecule has 2 aromatic rings. The lowest BCUT2D eigenvalue weighted by atomic mass is 10.2. The fourth-order valence-corrected chi connectivity index (χ4v) is 3.17. The second kappa shape index (κ2) is 7.07. The van der Waals surface area contributed by atoms with Gasteiger partial charge in [0.2, 0.25) is 0 Å². The molecule has 0 fully saturated rings. The molecule has 0 spiro atoms. The van der Waals surface area contributed by atoms with Gasteiger partial charge >= 0.3 is 0 Å². The highest BCUT2D eigenvalue weighted by Crippen LogP contribution is 2.34. The number of ether oxygens (including phenoxy) is 1. The molecule has 0 radical (unpaired) electrons. The van der Waals surface area contributed by atoms with Crippen molar-refractivity contribution in [2.24, 2.45) is 0 Å². The van der Waals surface area contributed by atoms with E-state index in [1.807, 2.05) is 25.1 Å². The molecule has 0 bridgehead atoms. The lowest BCUT2D eigenvalue weighted by molar-refractivity contribution is 0.336. The number of benzene rings is 1. The summed E-state index contributed by atoms with van der Waals surface area (Å²) in [5, 5.41) is 7.15. The summed E-state index contributed by atoms with van der Waals surface area (Å²) >= 11 is 7.04. The molecule has 0 atom stereocenters. The maximum atomic E-state index is 5.55. The van der Waals surface area contributed by atoms with Gasteiger partial charge in [-0.05, 0) is 56.5 Å². The van der Waals surface area contributed by atoms with Crippen LogP contribution in [0.3, 0.4) is 0 Å². The Balaban J connectivity index is 1.97. The van der Waals surface area contributed by atoms with E-state index in [1.165, 1.54) is 0 Å². The van der Waals surface area contributed by atoms with Gasteiger partial charge in [0, 0.05) is 19.2 Å². The second-order valence-electron chi connectivity index (χ2n) is 3.92. The molecule has 19 heavy (non-hydrogen) atoms. The summed E-state index contributed by atoms with van der Waals surface area (Å²) in [4.78, 5) is 0. The summed E-state index contributed by atoms with van der Waals surface area (Å²) in [6.07, 6.45) is 1.57. The van der Waals surface area contributed by atoms with Crippen LogP contribution in [-0.2, 0) is 13.1 Å². The second-order valence-corrected chi connectivity index (χ2v) is 5.62. The van der Waals surface area contributed by atoms with Crippen molar-refractivity contribution in [2.75, 3.05) is 6.61 Å². The summed E-state index contributed by atoms with van der Waals surface area (Å²) in [5.74, 6) is 0.836. The first kappa shape index (κ1) is 14.6. The van der Waals surface area contributed by atoms with E-state index in [4.69, 9.17) is 9.26 Å². The van der Waals surface area contributed by atoms with Crippen molar-refractivity contribution in [2.45, 2.75) is 20.0 Å². The van der Waals surface area contributed by atoms with Crippen LogP contribution < -0.4 is 10.1 Å². The Morgan fingerprint density at radius 3 is 2.58 bits per heavy atom. The van der Waals surface area contributed by atoms with E-state index in [1.54, 1.807) is 6.26 Å². The van der Waals surface area contributed by atoms with Gasteiger partial charge in [0.05, 0.1) is 21.2 Å². The van der Waals surface area contributed by atoms with Gasteiger partial charge in [-0.2, -0.15) is 0 Å². The van der Waals surface area contributed by atoms with Crippen molar-refractivity contribution in [3.05, 3.63) is 44.7 Å². The third-order valence-corrected chi connectivity index (χ3v) is 3.65. The van der Waals surface area contributed by atoms with Gasteiger partial charge in [-0.15, -0.1) is 0 Å². The van der Waals surface area contributed by atoms with Gasteiger partial charge in [0.15, 0.2) is 0 Å². The Bertz CT molecular complexity index is 506. The molecule has 1 N–H and O–H groups in total. The van der Waals surface area contributed by atoms with Gasteiger partial charge in [-0.3, -0.25) is 0 Å². The first-order valence-corrected chi connectivity index (χ1v) is 7.50. The SMILES string of the molecule is CCOc1c(Br)cc(CNCc2ccon2)cc1Br. The van der Waals surface area contributed by atoms with Gasteiger partial charge in [-0.1, -0.05) is 5.16 Å². The Morgan fingerprint density at radius 1 is 1.26 bits per heavy atom. The van der Waals surface area contributed by atoms with Crippen LogP contribution in [0.25, 0.3) is 0 Å². The zero-order chi connectivity index (χ0) is 13.7. The molecule has 1 aromatic heterocycles. The molecule has 0 saturated carbocycles. The zero-order valence-corrected chi connectivity index (χ0v) is 13.6. The van der Waals surface area contributed by atoms with E-state index >= 15 is 0 Å². The smallest absolute Gasteiger partial charge is 0.147 e. The highest BCUT2D eigenvalue weighted by atomic mass is 79.9. The van der Waals surface area contributed by atoms with E-state index in [9.17, 15) is 0 Å². The quantitative estimate of drug-likeness (QED) is 0.814. The van der Waals surface area contributed by atoms with Gasteiger partial charge < -0.3 is 14.6 Å². The van der Waals surface area contributed by atoms with Crippen molar-refractivity contribution in [3.63, 3.8) is 0 Å². The number of nitrogens with zero attached hydrogens (tertiary/aromatic N) is 1. The van der Waals surface area contributed by atoms with Crippen LogP contribution >= 0.6 is 31.9 Å². The molecule has 4 nitrogen and oxygen atoms in total. The summed E-state index contributed by atoms with van der Waals surface area (Å²) in [5.41, 5.74) is 2.05. The predicted octanol–water partition coefficient (Wildman–Crippen LogP) is 3.89. The lowest BCUT2D eigenvalue weighted by Crippen LogP contribution is -2.13. The molecule has 1 heterocycles. The van der Waals surface area contributed by atoms with Gasteiger partial charge in [-0.25, -0.2) is 0 Å². The number of rotatable bonds is 6. The summed E-state index contributed by atoms with van der Waals surface area (Å²) < 4.78 is 12.2. The minimum atomic E-state index is 0.640. The molecule has 0 amide bonds. The zero-order valence-electron chi connectivity index (χ0n) is 10.5. The standard InChI is InChI=1S/C13H14Br2N2O2/c1-2-18-13-11(14)5-9(6-12(13)15)7-16-8-10-3-4-19-17-10/h3-6,16H,2,7-8H2,1H3. The topological polar surface area (TPSA) is 47.3 Å². The van der Waals surface area contributed by atoms with Crippen molar-refractivity contribution in [1.29, 1.82) is 0 Å². The molecule has 102 valence electrons. The average Bonchev–Trinajstić information content (AvgIpc) is 2.87. The Hall–Kier alpha value is -0.850. The lowest BCUT2D eigenvalue weighted by Gasteiger charge is -2.11. The molecular formula is C13H14Br2N2O2. The van der Waals surface area contributed by atoms with Crippen LogP contribution in [0.15, 0.2) is 37.9 Å². The van der Waals surface area contributed by atoms with Crippen molar-refractivity contribution in [3.8, 4) is 5.75 Å². The first-order chi connectivity index (χ1) is 9.20. The highest BCUT2D eigenvalue weighted by molar-refractivity contribution is 9.11. The van der Waals surface area contributed by atoms with Gasteiger partial charge in [0.1, 0.15) is 12.0 Å². The maximum Gasteiger partial charge on any atom is 0.147 e. The summed E-state index contributed by atoms with van der Waals surface area (Å²) in [6, 6.07) is 5.94. The third kappa shape index (κ3) is 4.06. The predicted molar refractivity (Wildman–Crippen MR) is 80.1 cm³/mol. The number of nitrogens with one attached hydrogen (secondary N) is 1.